The predicted molar refractivity (Wildman–Crippen MR) is 86.5 cm³/mol. The Morgan fingerprint density at radius 1 is 1.36 bits per heavy atom. The van der Waals surface area contributed by atoms with Crippen LogP contribution < -0.4 is 10.6 Å². The molecule has 6 nitrogen and oxygen atoms in total. The van der Waals surface area contributed by atoms with Crippen LogP contribution in [-0.2, 0) is 16.0 Å². The van der Waals surface area contributed by atoms with Crippen LogP contribution >= 0.6 is 22.9 Å². The minimum atomic E-state index is -0.563. The van der Waals surface area contributed by atoms with Crippen molar-refractivity contribution >= 4 is 45.8 Å². The van der Waals surface area contributed by atoms with Crippen molar-refractivity contribution in [3.8, 4) is 0 Å². The maximum Gasteiger partial charge on any atom is 0.413 e. The lowest BCUT2D eigenvalue weighted by atomic mass is 10.3. The average molecular weight is 340 g/mol. The quantitative estimate of drug-likeness (QED) is 0.873. The van der Waals surface area contributed by atoms with E-state index in [2.05, 4.69) is 15.6 Å². The standard InChI is InChI=1S/C14H14ClN3O3S/c1-2-21-14(20)18-13-17-11(8-22-13)7-12(19)16-10-5-3-4-9(15)6-10/h3-6,8H,2,7H2,1H3,(H,16,19)(H,17,18,20). The fourth-order valence-corrected chi connectivity index (χ4v) is 2.52. The zero-order chi connectivity index (χ0) is 15.9. The number of hydrogen-bond donors (Lipinski definition) is 2. The highest BCUT2D eigenvalue weighted by Gasteiger charge is 2.10. The van der Waals surface area contributed by atoms with Gasteiger partial charge < -0.3 is 10.1 Å². The van der Waals surface area contributed by atoms with Crippen LogP contribution in [0.1, 0.15) is 12.6 Å². The molecule has 8 heteroatoms. The van der Waals surface area contributed by atoms with Gasteiger partial charge in [0.1, 0.15) is 0 Å². The summed E-state index contributed by atoms with van der Waals surface area (Å²) in [6.45, 7) is 2.00. The Labute approximate surface area is 136 Å². The van der Waals surface area contributed by atoms with E-state index in [1.807, 2.05) is 0 Å². The SMILES string of the molecule is CCOC(=O)Nc1nc(CC(=O)Nc2cccc(Cl)c2)cs1. The molecule has 1 aromatic heterocycles. The van der Waals surface area contributed by atoms with Crippen molar-refractivity contribution in [1.29, 1.82) is 0 Å². The van der Waals surface area contributed by atoms with Crippen molar-refractivity contribution in [2.45, 2.75) is 13.3 Å². The predicted octanol–water partition coefficient (Wildman–Crippen LogP) is 3.55. The molecule has 0 fully saturated rings. The summed E-state index contributed by atoms with van der Waals surface area (Å²) in [4.78, 5) is 27.3. The van der Waals surface area contributed by atoms with Crippen LogP contribution in [0.2, 0.25) is 5.02 Å². The topological polar surface area (TPSA) is 80.3 Å². The smallest absolute Gasteiger partial charge is 0.413 e. The lowest BCUT2D eigenvalue weighted by molar-refractivity contribution is -0.115. The second-order valence-corrected chi connectivity index (χ2v) is 5.52. The number of carbonyl (C=O) groups is 2. The molecule has 1 heterocycles. The molecule has 0 unspecified atom stereocenters. The third-order valence-corrected chi connectivity index (χ3v) is 3.53. The number of rotatable bonds is 5. The molecule has 0 aliphatic carbocycles. The minimum absolute atomic E-state index is 0.105. The van der Waals surface area contributed by atoms with Gasteiger partial charge in [-0.05, 0) is 25.1 Å². The Morgan fingerprint density at radius 2 is 2.18 bits per heavy atom. The summed E-state index contributed by atoms with van der Waals surface area (Å²) in [7, 11) is 0. The van der Waals surface area contributed by atoms with Crippen molar-refractivity contribution in [2.24, 2.45) is 0 Å². The third kappa shape index (κ3) is 5.01. The van der Waals surface area contributed by atoms with E-state index >= 15 is 0 Å². The largest absolute Gasteiger partial charge is 0.450 e. The van der Waals surface area contributed by atoms with E-state index in [1.54, 1.807) is 36.6 Å². The van der Waals surface area contributed by atoms with Crippen molar-refractivity contribution in [3.05, 3.63) is 40.4 Å². The van der Waals surface area contributed by atoms with Crippen LogP contribution in [0.5, 0.6) is 0 Å². The number of halogens is 1. The van der Waals surface area contributed by atoms with Crippen LogP contribution in [0, 0.1) is 0 Å². The molecule has 0 atom stereocenters. The Kier molecular flexibility index (Phi) is 5.74. The number of anilines is 2. The van der Waals surface area contributed by atoms with Gasteiger partial charge in [0.05, 0.1) is 18.7 Å². The minimum Gasteiger partial charge on any atom is -0.450 e. The first kappa shape index (κ1) is 16.3. The normalized spacial score (nSPS) is 10.1. The maximum atomic E-state index is 11.9. The van der Waals surface area contributed by atoms with Gasteiger partial charge >= 0.3 is 6.09 Å². The van der Waals surface area contributed by atoms with Gasteiger partial charge in [0.15, 0.2) is 5.13 Å². The number of nitrogens with one attached hydrogen (secondary N) is 2. The Bertz CT molecular complexity index is 675. The van der Waals surface area contributed by atoms with Gasteiger partial charge in [0, 0.05) is 16.1 Å². The summed E-state index contributed by atoms with van der Waals surface area (Å²) in [5.74, 6) is -0.213. The molecule has 0 saturated heterocycles. The van der Waals surface area contributed by atoms with E-state index in [9.17, 15) is 9.59 Å². The van der Waals surface area contributed by atoms with Gasteiger partial charge in [-0.25, -0.2) is 9.78 Å². The Morgan fingerprint density at radius 3 is 2.91 bits per heavy atom. The summed E-state index contributed by atoms with van der Waals surface area (Å²) in [6.07, 6.45) is -0.458. The van der Waals surface area contributed by atoms with Crippen LogP contribution in [0.3, 0.4) is 0 Å². The second kappa shape index (κ2) is 7.77. The van der Waals surface area contributed by atoms with E-state index < -0.39 is 6.09 Å². The van der Waals surface area contributed by atoms with Gasteiger partial charge in [0.25, 0.3) is 0 Å². The van der Waals surface area contributed by atoms with E-state index in [-0.39, 0.29) is 18.9 Å². The number of carbonyl (C=O) groups excluding carboxylic acids is 2. The molecule has 2 amide bonds. The van der Waals surface area contributed by atoms with Crippen molar-refractivity contribution in [2.75, 3.05) is 17.2 Å². The van der Waals surface area contributed by atoms with Crippen molar-refractivity contribution < 1.29 is 14.3 Å². The summed E-state index contributed by atoms with van der Waals surface area (Å²) >= 11 is 7.08. The maximum absolute atomic E-state index is 11.9. The number of thiazole rings is 1. The molecule has 0 aliphatic rings. The highest BCUT2D eigenvalue weighted by Crippen LogP contribution is 2.18. The number of ether oxygens (including phenoxy) is 1. The Hall–Kier alpha value is -2.12. The zero-order valence-corrected chi connectivity index (χ0v) is 13.3. The molecule has 1 aromatic carbocycles. The molecule has 0 saturated carbocycles. The number of nitrogens with zero attached hydrogens (tertiary/aromatic N) is 1. The molecule has 0 aliphatic heterocycles. The highest BCUT2D eigenvalue weighted by atomic mass is 35.5. The molecule has 2 rings (SSSR count). The first-order valence-corrected chi connectivity index (χ1v) is 7.76. The fraction of sp³-hybridized carbons (Fsp3) is 0.214. The summed E-state index contributed by atoms with van der Waals surface area (Å²) in [5, 5.41) is 7.87. The summed E-state index contributed by atoms with van der Waals surface area (Å²) in [6, 6.07) is 6.89. The first-order chi connectivity index (χ1) is 10.6. The van der Waals surface area contributed by atoms with Gasteiger partial charge in [-0.1, -0.05) is 17.7 Å². The van der Waals surface area contributed by atoms with Crippen LogP contribution in [0.25, 0.3) is 0 Å². The van der Waals surface area contributed by atoms with E-state index in [1.165, 1.54) is 11.3 Å². The average Bonchev–Trinajstić information content (AvgIpc) is 2.85. The monoisotopic (exact) mass is 339 g/mol. The lowest BCUT2D eigenvalue weighted by Gasteiger charge is -2.04. The lowest BCUT2D eigenvalue weighted by Crippen LogP contribution is -2.15. The summed E-state index contributed by atoms with van der Waals surface area (Å²) in [5.41, 5.74) is 1.19. The second-order valence-electron chi connectivity index (χ2n) is 4.22. The van der Waals surface area contributed by atoms with Gasteiger partial charge in [0.2, 0.25) is 5.91 Å². The molecule has 116 valence electrons. The number of hydrogen-bond acceptors (Lipinski definition) is 5. The van der Waals surface area contributed by atoms with Crippen LogP contribution in [0.15, 0.2) is 29.6 Å². The summed E-state index contributed by atoms with van der Waals surface area (Å²) < 4.78 is 4.75. The van der Waals surface area contributed by atoms with Crippen molar-refractivity contribution in [3.63, 3.8) is 0 Å². The molecule has 0 radical (unpaired) electrons. The molecule has 0 bridgehead atoms. The molecule has 22 heavy (non-hydrogen) atoms. The number of aromatic nitrogens is 1. The first-order valence-electron chi connectivity index (χ1n) is 6.50. The number of amides is 2. The van der Waals surface area contributed by atoms with Gasteiger partial charge in [-0.3, -0.25) is 10.1 Å². The van der Waals surface area contributed by atoms with Crippen LogP contribution in [-0.4, -0.2) is 23.6 Å². The van der Waals surface area contributed by atoms with Crippen LogP contribution in [0.4, 0.5) is 15.6 Å². The van der Waals surface area contributed by atoms with Crippen molar-refractivity contribution in [1.82, 2.24) is 4.98 Å². The molecule has 0 spiro atoms. The Balaban J connectivity index is 1.89. The van der Waals surface area contributed by atoms with Gasteiger partial charge in [-0.2, -0.15) is 0 Å². The number of benzene rings is 1. The van der Waals surface area contributed by atoms with Gasteiger partial charge in [-0.15, -0.1) is 11.3 Å². The molecule has 2 N–H and O–H groups in total. The fourth-order valence-electron chi connectivity index (χ4n) is 1.64. The molecular weight excluding hydrogens is 326 g/mol. The molecule has 2 aromatic rings. The van der Waals surface area contributed by atoms with E-state index in [0.717, 1.165) is 0 Å². The molecular formula is C14H14ClN3O3S. The zero-order valence-electron chi connectivity index (χ0n) is 11.8. The van der Waals surface area contributed by atoms with E-state index in [0.29, 0.717) is 21.5 Å². The van der Waals surface area contributed by atoms with E-state index in [4.69, 9.17) is 16.3 Å². The highest BCUT2D eigenvalue weighted by molar-refractivity contribution is 7.13. The third-order valence-electron chi connectivity index (χ3n) is 2.49.